The van der Waals surface area contributed by atoms with E-state index < -0.39 is 0 Å². The van der Waals surface area contributed by atoms with E-state index in [0.29, 0.717) is 11.7 Å². The van der Waals surface area contributed by atoms with Crippen LogP contribution in [0.1, 0.15) is 20.3 Å². The lowest BCUT2D eigenvalue weighted by Crippen LogP contribution is -2.36. The first kappa shape index (κ1) is 13.8. The first-order chi connectivity index (χ1) is 6.47. The predicted octanol–water partition coefficient (Wildman–Crippen LogP) is 1.19. The fourth-order valence-electron chi connectivity index (χ4n) is 0.967. The Hall–Kier alpha value is -0.220. The smallest absolute Gasteiger partial charge is 0.223 e. The van der Waals surface area contributed by atoms with Crippen LogP contribution in [0.2, 0.25) is 0 Å². The lowest BCUT2D eigenvalue weighted by Gasteiger charge is -2.18. The average molecular weight is 218 g/mol. The molecule has 2 atom stereocenters. The van der Waals surface area contributed by atoms with Gasteiger partial charge in [-0.2, -0.15) is 11.8 Å². The third kappa shape index (κ3) is 6.27. The minimum Gasteiger partial charge on any atom is -0.349 e. The molecule has 0 aliphatic heterocycles. The molecule has 0 spiro atoms. The number of hydrogen-bond donors (Lipinski definition) is 1. The third-order valence-electron chi connectivity index (χ3n) is 2.14. The maximum atomic E-state index is 11.3. The molecule has 0 radical (unpaired) electrons. The van der Waals surface area contributed by atoms with Gasteiger partial charge in [0.2, 0.25) is 5.91 Å². The molecule has 3 nitrogen and oxygen atoms in total. The maximum absolute atomic E-state index is 11.3. The van der Waals surface area contributed by atoms with Crippen LogP contribution in [0.15, 0.2) is 0 Å². The summed E-state index contributed by atoms with van der Waals surface area (Å²) in [6.07, 6.45) is 2.68. The largest absolute Gasteiger partial charge is 0.349 e. The summed E-state index contributed by atoms with van der Waals surface area (Å²) in [4.78, 5) is 13.0. The number of hydrogen-bond acceptors (Lipinski definition) is 3. The van der Waals surface area contributed by atoms with Crippen LogP contribution in [0.5, 0.6) is 0 Å². The summed E-state index contributed by atoms with van der Waals surface area (Å²) in [5.74, 6) is 0.182. The van der Waals surface area contributed by atoms with E-state index in [1.165, 1.54) is 0 Å². The Morgan fingerprint density at radius 1 is 1.43 bits per heavy atom. The monoisotopic (exact) mass is 218 g/mol. The van der Waals surface area contributed by atoms with Crippen LogP contribution < -0.4 is 5.32 Å². The van der Waals surface area contributed by atoms with E-state index in [-0.39, 0.29) is 11.9 Å². The van der Waals surface area contributed by atoms with Crippen molar-refractivity contribution in [1.82, 2.24) is 10.2 Å². The molecule has 0 aromatic carbocycles. The van der Waals surface area contributed by atoms with Gasteiger partial charge in [-0.3, -0.25) is 4.79 Å². The van der Waals surface area contributed by atoms with Crippen LogP contribution in [-0.4, -0.2) is 49.0 Å². The van der Waals surface area contributed by atoms with Crippen molar-refractivity contribution in [2.75, 3.05) is 26.9 Å². The number of rotatable bonds is 6. The molecule has 14 heavy (non-hydrogen) atoms. The molecule has 0 aromatic rings. The average Bonchev–Trinajstić information content (AvgIpc) is 2.13. The molecule has 0 fully saturated rings. The van der Waals surface area contributed by atoms with Crippen molar-refractivity contribution in [3.05, 3.63) is 0 Å². The highest BCUT2D eigenvalue weighted by Gasteiger charge is 2.10. The number of nitrogens with one attached hydrogen (secondary N) is 1. The second-order valence-corrected chi connectivity index (χ2v) is 5.12. The minimum absolute atomic E-state index is 0.182. The second-order valence-electron chi connectivity index (χ2n) is 3.85. The zero-order valence-electron chi connectivity index (χ0n) is 9.83. The summed E-state index contributed by atoms with van der Waals surface area (Å²) in [7, 11) is 3.58. The Balaban J connectivity index is 3.65. The third-order valence-corrected chi connectivity index (χ3v) is 3.11. The van der Waals surface area contributed by atoms with Crippen LogP contribution in [0, 0.1) is 0 Å². The standard InChI is InChI=1S/C10H22N2OS/c1-8(6-10(13)12(3)4)11-7-9(2)14-5/h8-9,11H,6-7H2,1-5H3. The Bertz CT molecular complexity index is 174. The topological polar surface area (TPSA) is 32.3 Å². The molecular formula is C10H22N2OS. The van der Waals surface area contributed by atoms with Gasteiger partial charge in [-0.15, -0.1) is 0 Å². The zero-order chi connectivity index (χ0) is 11.1. The van der Waals surface area contributed by atoms with Gasteiger partial charge >= 0.3 is 0 Å². The first-order valence-electron chi connectivity index (χ1n) is 4.93. The lowest BCUT2D eigenvalue weighted by molar-refractivity contribution is -0.129. The van der Waals surface area contributed by atoms with E-state index in [1.54, 1.807) is 19.0 Å². The summed E-state index contributed by atoms with van der Waals surface area (Å²) in [5.41, 5.74) is 0. The predicted molar refractivity (Wildman–Crippen MR) is 63.8 cm³/mol. The normalized spacial score (nSPS) is 14.9. The van der Waals surface area contributed by atoms with E-state index in [2.05, 4.69) is 25.4 Å². The van der Waals surface area contributed by atoms with Crippen molar-refractivity contribution < 1.29 is 4.79 Å². The molecule has 0 aliphatic rings. The number of carbonyl (C=O) groups is 1. The quantitative estimate of drug-likeness (QED) is 0.727. The van der Waals surface area contributed by atoms with Crippen molar-refractivity contribution >= 4 is 17.7 Å². The Morgan fingerprint density at radius 3 is 2.43 bits per heavy atom. The number of amides is 1. The molecule has 84 valence electrons. The summed E-state index contributed by atoms with van der Waals surface area (Å²) in [6.45, 7) is 5.19. The second kappa shape index (κ2) is 7.12. The van der Waals surface area contributed by atoms with Crippen LogP contribution >= 0.6 is 11.8 Å². The molecular weight excluding hydrogens is 196 g/mol. The Morgan fingerprint density at radius 2 is 2.00 bits per heavy atom. The van der Waals surface area contributed by atoms with Gasteiger partial charge in [0, 0.05) is 38.4 Å². The van der Waals surface area contributed by atoms with Gasteiger partial charge in [0.05, 0.1) is 0 Å². The number of thioether (sulfide) groups is 1. The minimum atomic E-state index is 0.182. The molecule has 1 N–H and O–H groups in total. The molecule has 4 heteroatoms. The summed E-state index contributed by atoms with van der Waals surface area (Å²) >= 11 is 1.83. The van der Waals surface area contributed by atoms with E-state index in [1.807, 2.05) is 11.8 Å². The SMILES string of the molecule is CSC(C)CNC(C)CC(=O)N(C)C. The zero-order valence-corrected chi connectivity index (χ0v) is 10.6. The van der Waals surface area contributed by atoms with Crippen LogP contribution in [0.3, 0.4) is 0 Å². The van der Waals surface area contributed by atoms with Gasteiger partial charge in [0.25, 0.3) is 0 Å². The molecule has 0 saturated carbocycles. The van der Waals surface area contributed by atoms with Crippen molar-refractivity contribution in [3.8, 4) is 0 Å². The first-order valence-corrected chi connectivity index (χ1v) is 6.22. The maximum Gasteiger partial charge on any atom is 0.223 e. The highest BCUT2D eigenvalue weighted by molar-refractivity contribution is 7.99. The lowest BCUT2D eigenvalue weighted by atomic mass is 10.2. The molecule has 0 heterocycles. The summed E-state index contributed by atoms with van der Waals surface area (Å²) in [6, 6.07) is 0.263. The molecule has 2 unspecified atom stereocenters. The summed E-state index contributed by atoms with van der Waals surface area (Å²) in [5, 5.41) is 3.95. The Labute approximate surface area is 91.6 Å². The molecule has 0 aliphatic carbocycles. The van der Waals surface area contributed by atoms with Gasteiger partial charge in [-0.25, -0.2) is 0 Å². The van der Waals surface area contributed by atoms with Gasteiger partial charge in [0.15, 0.2) is 0 Å². The van der Waals surface area contributed by atoms with Crippen molar-refractivity contribution in [2.24, 2.45) is 0 Å². The van der Waals surface area contributed by atoms with E-state index >= 15 is 0 Å². The molecule has 0 saturated heterocycles. The Kier molecular flexibility index (Phi) is 7.01. The highest BCUT2D eigenvalue weighted by Crippen LogP contribution is 2.04. The van der Waals surface area contributed by atoms with Gasteiger partial charge in [-0.1, -0.05) is 6.92 Å². The molecule has 1 amide bonds. The summed E-state index contributed by atoms with van der Waals surface area (Å²) < 4.78 is 0. The fourth-order valence-corrected chi connectivity index (χ4v) is 1.23. The van der Waals surface area contributed by atoms with Crippen molar-refractivity contribution in [2.45, 2.75) is 31.6 Å². The molecule has 0 aromatic heterocycles. The van der Waals surface area contributed by atoms with Gasteiger partial charge in [-0.05, 0) is 13.2 Å². The highest BCUT2D eigenvalue weighted by atomic mass is 32.2. The van der Waals surface area contributed by atoms with E-state index in [4.69, 9.17) is 0 Å². The number of carbonyl (C=O) groups excluding carboxylic acids is 1. The molecule has 0 rings (SSSR count). The molecule has 0 bridgehead atoms. The van der Waals surface area contributed by atoms with E-state index in [0.717, 1.165) is 6.54 Å². The van der Waals surface area contributed by atoms with Crippen LogP contribution in [-0.2, 0) is 4.79 Å². The number of nitrogens with zero attached hydrogens (tertiary/aromatic N) is 1. The van der Waals surface area contributed by atoms with Crippen LogP contribution in [0.25, 0.3) is 0 Å². The fraction of sp³-hybridized carbons (Fsp3) is 0.900. The van der Waals surface area contributed by atoms with Gasteiger partial charge in [0.1, 0.15) is 0 Å². The van der Waals surface area contributed by atoms with Crippen LogP contribution in [0.4, 0.5) is 0 Å². The van der Waals surface area contributed by atoms with Gasteiger partial charge < -0.3 is 10.2 Å². The van der Waals surface area contributed by atoms with Crippen molar-refractivity contribution in [1.29, 1.82) is 0 Å². The van der Waals surface area contributed by atoms with Crippen molar-refractivity contribution in [3.63, 3.8) is 0 Å². The van der Waals surface area contributed by atoms with E-state index in [9.17, 15) is 4.79 Å².